The van der Waals surface area contributed by atoms with Crippen molar-refractivity contribution >= 4 is 6.03 Å². The van der Waals surface area contributed by atoms with Crippen LogP contribution in [0.5, 0.6) is 0 Å². The largest absolute Gasteiger partial charge is 0.338 e. The minimum absolute atomic E-state index is 0.0517. The fourth-order valence-corrected chi connectivity index (χ4v) is 2.29. The zero-order chi connectivity index (χ0) is 16.7. The molecule has 5 heteroatoms. The van der Waals surface area contributed by atoms with Crippen molar-refractivity contribution in [3.8, 4) is 11.3 Å². The summed E-state index contributed by atoms with van der Waals surface area (Å²) in [5.74, 6) is 0.640. The standard InChI is InChI=1S/C18H26N4O/c1-4-14(2)10-11-19-18(23)22(3)13-16-12-17(21-20-16)15-8-6-5-7-9-15/h5-9,12,14H,4,10-11,13H2,1-3H3,(H,19,23)(H,20,21)/t14-/m0/s1. The number of nitrogens with zero attached hydrogens (tertiary/aromatic N) is 2. The van der Waals surface area contributed by atoms with Gasteiger partial charge in [0.05, 0.1) is 17.9 Å². The average molecular weight is 314 g/mol. The number of urea groups is 1. The van der Waals surface area contributed by atoms with Gasteiger partial charge in [0, 0.05) is 19.2 Å². The van der Waals surface area contributed by atoms with Crippen LogP contribution in [0.25, 0.3) is 11.3 Å². The third-order valence-electron chi connectivity index (χ3n) is 4.06. The van der Waals surface area contributed by atoms with Crippen molar-refractivity contribution in [1.82, 2.24) is 20.4 Å². The number of rotatable bonds is 7. The quantitative estimate of drug-likeness (QED) is 0.819. The van der Waals surface area contributed by atoms with Gasteiger partial charge in [0.2, 0.25) is 0 Å². The summed E-state index contributed by atoms with van der Waals surface area (Å²) in [6, 6.07) is 11.9. The molecule has 0 aliphatic rings. The molecule has 2 N–H and O–H groups in total. The first-order chi connectivity index (χ1) is 11.1. The molecule has 23 heavy (non-hydrogen) atoms. The number of benzene rings is 1. The number of amides is 2. The van der Waals surface area contributed by atoms with E-state index in [0.29, 0.717) is 12.5 Å². The van der Waals surface area contributed by atoms with E-state index < -0.39 is 0 Å². The van der Waals surface area contributed by atoms with E-state index in [1.54, 1.807) is 11.9 Å². The van der Waals surface area contributed by atoms with Gasteiger partial charge in [-0.25, -0.2) is 4.79 Å². The molecule has 0 radical (unpaired) electrons. The van der Waals surface area contributed by atoms with Gasteiger partial charge in [-0.2, -0.15) is 5.10 Å². The van der Waals surface area contributed by atoms with E-state index in [9.17, 15) is 4.79 Å². The maximum Gasteiger partial charge on any atom is 0.317 e. The Morgan fingerprint density at radius 1 is 1.35 bits per heavy atom. The molecule has 1 atom stereocenters. The van der Waals surface area contributed by atoms with Crippen LogP contribution in [0.1, 0.15) is 32.4 Å². The highest BCUT2D eigenvalue weighted by atomic mass is 16.2. The lowest BCUT2D eigenvalue weighted by Crippen LogP contribution is -2.37. The van der Waals surface area contributed by atoms with Crippen LogP contribution < -0.4 is 5.32 Å². The van der Waals surface area contributed by atoms with Crippen molar-refractivity contribution in [1.29, 1.82) is 0 Å². The van der Waals surface area contributed by atoms with E-state index in [1.165, 1.54) is 0 Å². The van der Waals surface area contributed by atoms with E-state index in [4.69, 9.17) is 0 Å². The van der Waals surface area contributed by atoms with Gasteiger partial charge >= 0.3 is 6.03 Å². The second-order valence-electron chi connectivity index (χ2n) is 6.03. The monoisotopic (exact) mass is 314 g/mol. The Kier molecular flexibility index (Phi) is 6.20. The molecule has 2 amide bonds. The Hall–Kier alpha value is -2.30. The summed E-state index contributed by atoms with van der Waals surface area (Å²) in [4.78, 5) is 13.7. The number of nitrogens with one attached hydrogen (secondary N) is 2. The van der Waals surface area contributed by atoms with Gasteiger partial charge in [-0.15, -0.1) is 0 Å². The van der Waals surface area contributed by atoms with Crippen molar-refractivity contribution in [2.24, 2.45) is 5.92 Å². The molecule has 1 heterocycles. The van der Waals surface area contributed by atoms with E-state index in [-0.39, 0.29) is 6.03 Å². The highest BCUT2D eigenvalue weighted by Gasteiger charge is 2.11. The van der Waals surface area contributed by atoms with Crippen LogP contribution >= 0.6 is 0 Å². The first-order valence-corrected chi connectivity index (χ1v) is 8.18. The van der Waals surface area contributed by atoms with Crippen molar-refractivity contribution in [3.63, 3.8) is 0 Å². The number of aromatic amines is 1. The summed E-state index contributed by atoms with van der Waals surface area (Å²) in [5.41, 5.74) is 2.88. The predicted molar refractivity (Wildman–Crippen MR) is 93.0 cm³/mol. The van der Waals surface area contributed by atoms with Crippen LogP contribution in [0.3, 0.4) is 0 Å². The van der Waals surface area contributed by atoms with Gasteiger partial charge < -0.3 is 10.2 Å². The normalized spacial score (nSPS) is 12.0. The predicted octanol–water partition coefficient (Wildman–Crippen LogP) is 3.65. The Balaban J connectivity index is 1.84. The summed E-state index contributed by atoms with van der Waals surface area (Å²) in [5, 5.41) is 10.3. The number of aromatic nitrogens is 2. The van der Waals surface area contributed by atoms with E-state index >= 15 is 0 Å². The molecule has 0 saturated heterocycles. The van der Waals surface area contributed by atoms with E-state index in [1.807, 2.05) is 36.4 Å². The summed E-state index contributed by atoms with van der Waals surface area (Å²) in [6.45, 7) is 5.60. The summed E-state index contributed by atoms with van der Waals surface area (Å²) < 4.78 is 0. The van der Waals surface area contributed by atoms with Crippen LogP contribution in [0, 0.1) is 5.92 Å². The summed E-state index contributed by atoms with van der Waals surface area (Å²) in [7, 11) is 1.79. The molecule has 0 saturated carbocycles. The lowest BCUT2D eigenvalue weighted by molar-refractivity contribution is 0.205. The zero-order valence-corrected chi connectivity index (χ0v) is 14.2. The molecule has 1 aromatic carbocycles. The van der Waals surface area contributed by atoms with Crippen LogP contribution in [0.15, 0.2) is 36.4 Å². The van der Waals surface area contributed by atoms with Crippen LogP contribution in [-0.4, -0.2) is 34.7 Å². The Labute approximate surface area is 138 Å². The van der Waals surface area contributed by atoms with Crippen LogP contribution in [0.4, 0.5) is 4.79 Å². The Morgan fingerprint density at radius 3 is 2.78 bits per heavy atom. The van der Waals surface area contributed by atoms with Gasteiger partial charge in [-0.1, -0.05) is 50.6 Å². The minimum atomic E-state index is -0.0517. The van der Waals surface area contributed by atoms with Crippen LogP contribution in [-0.2, 0) is 6.54 Å². The number of carbonyl (C=O) groups excluding carboxylic acids is 1. The molecule has 0 bridgehead atoms. The maximum absolute atomic E-state index is 12.1. The second kappa shape index (κ2) is 8.36. The molecule has 0 aliphatic heterocycles. The third-order valence-corrected chi connectivity index (χ3v) is 4.06. The fourth-order valence-electron chi connectivity index (χ4n) is 2.29. The number of carbonyl (C=O) groups is 1. The molecular formula is C18H26N4O. The van der Waals surface area contributed by atoms with Crippen molar-refractivity contribution in [2.75, 3.05) is 13.6 Å². The average Bonchev–Trinajstić information content (AvgIpc) is 3.03. The lowest BCUT2D eigenvalue weighted by Gasteiger charge is -2.17. The van der Waals surface area contributed by atoms with Gasteiger partial charge in [-0.05, 0) is 18.4 Å². The summed E-state index contributed by atoms with van der Waals surface area (Å²) in [6.07, 6.45) is 2.15. The molecular weight excluding hydrogens is 288 g/mol. The first kappa shape index (κ1) is 17.1. The molecule has 2 aromatic rings. The Morgan fingerprint density at radius 2 is 2.09 bits per heavy atom. The first-order valence-electron chi connectivity index (χ1n) is 8.18. The number of hydrogen-bond donors (Lipinski definition) is 2. The van der Waals surface area contributed by atoms with Gasteiger partial charge in [0.25, 0.3) is 0 Å². The second-order valence-corrected chi connectivity index (χ2v) is 6.03. The third kappa shape index (κ3) is 5.13. The molecule has 124 valence electrons. The zero-order valence-electron chi connectivity index (χ0n) is 14.2. The maximum atomic E-state index is 12.1. The van der Waals surface area contributed by atoms with Crippen molar-refractivity contribution in [3.05, 3.63) is 42.1 Å². The van der Waals surface area contributed by atoms with Gasteiger partial charge in [0.1, 0.15) is 0 Å². The molecule has 0 spiro atoms. The molecule has 0 fully saturated rings. The molecule has 0 aliphatic carbocycles. The van der Waals surface area contributed by atoms with Gasteiger partial charge in [-0.3, -0.25) is 5.10 Å². The Bertz CT molecular complexity index is 608. The summed E-state index contributed by atoms with van der Waals surface area (Å²) >= 11 is 0. The molecule has 2 rings (SSSR count). The number of hydrogen-bond acceptors (Lipinski definition) is 2. The topological polar surface area (TPSA) is 61.0 Å². The highest BCUT2D eigenvalue weighted by Crippen LogP contribution is 2.17. The van der Waals surface area contributed by atoms with E-state index in [2.05, 4.69) is 29.4 Å². The minimum Gasteiger partial charge on any atom is -0.338 e. The molecule has 0 unspecified atom stereocenters. The van der Waals surface area contributed by atoms with Crippen molar-refractivity contribution in [2.45, 2.75) is 33.2 Å². The smallest absolute Gasteiger partial charge is 0.317 e. The highest BCUT2D eigenvalue weighted by molar-refractivity contribution is 5.73. The SMILES string of the molecule is CC[C@H](C)CCNC(=O)N(C)Cc1cc(-c2ccccc2)n[nH]1. The lowest BCUT2D eigenvalue weighted by atomic mass is 10.1. The van der Waals surface area contributed by atoms with Crippen molar-refractivity contribution < 1.29 is 4.79 Å². The van der Waals surface area contributed by atoms with E-state index in [0.717, 1.165) is 36.3 Å². The van der Waals surface area contributed by atoms with Crippen LogP contribution in [0.2, 0.25) is 0 Å². The van der Waals surface area contributed by atoms with Gasteiger partial charge in [0.15, 0.2) is 0 Å². The fraction of sp³-hybridized carbons (Fsp3) is 0.444. The number of H-pyrrole nitrogens is 1. The molecule has 1 aromatic heterocycles. The molecule has 5 nitrogen and oxygen atoms in total.